The number of nitrogens with one attached hydrogen (secondary N) is 1. The third kappa shape index (κ3) is 2.38. The number of carbonyl (C=O) groups is 2. The number of rotatable bonds is 2. The topological polar surface area (TPSA) is 86.8 Å². The summed E-state index contributed by atoms with van der Waals surface area (Å²) >= 11 is 0. The molecule has 3 aliphatic rings. The van der Waals surface area contributed by atoms with Crippen LogP contribution in [-0.4, -0.2) is 61.2 Å². The molecule has 25 heavy (non-hydrogen) atoms. The average Bonchev–Trinajstić information content (AvgIpc) is 2.96. The Hall–Kier alpha value is -1.93. The molecule has 4 rings (SSSR count). The van der Waals surface area contributed by atoms with Gasteiger partial charge < -0.3 is 10.2 Å². The highest BCUT2D eigenvalue weighted by atomic mass is 32.2. The molecule has 134 valence electrons. The Balaban J connectivity index is 1.72. The van der Waals surface area contributed by atoms with E-state index in [0.29, 0.717) is 5.56 Å². The highest BCUT2D eigenvalue weighted by Gasteiger charge is 2.42. The number of amides is 2. The van der Waals surface area contributed by atoms with Gasteiger partial charge in [0.1, 0.15) is 4.90 Å². The van der Waals surface area contributed by atoms with Gasteiger partial charge in [-0.25, -0.2) is 12.7 Å². The Morgan fingerprint density at radius 2 is 2.00 bits per heavy atom. The molecule has 0 saturated carbocycles. The maximum atomic E-state index is 13.1. The zero-order valence-electron chi connectivity index (χ0n) is 14.1. The van der Waals surface area contributed by atoms with Crippen LogP contribution in [0.4, 0.5) is 0 Å². The number of nitrogens with zero attached hydrogens (tertiary/aromatic N) is 2. The molecule has 8 heteroatoms. The maximum Gasteiger partial charge on any atom is 0.268 e. The number of benzene rings is 1. The molecule has 1 N–H and O–H groups in total. The van der Waals surface area contributed by atoms with Crippen LogP contribution in [0.25, 0.3) is 0 Å². The molecule has 0 spiro atoms. The van der Waals surface area contributed by atoms with Gasteiger partial charge in [-0.1, -0.05) is 0 Å². The molecule has 0 aliphatic carbocycles. The van der Waals surface area contributed by atoms with Crippen LogP contribution in [0, 0.1) is 0 Å². The van der Waals surface area contributed by atoms with Gasteiger partial charge in [0.2, 0.25) is 0 Å². The molecule has 2 bridgehead atoms. The highest BCUT2D eigenvalue weighted by Crippen LogP contribution is 2.33. The van der Waals surface area contributed by atoms with Gasteiger partial charge in [0.25, 0.3) is 21.8 Å². The fourth-order valence-electron chi connectivity index (χ4n) is 4.18. The van der Waals surface area contributed by atoms with E-state index in [1.54, 1.807) is 13.0 Å². The highest BCUT2D eigenvalue weighted by molar-refractivity contribution is 7.90. The summed E-state index contributed by atoms with van der Waals surface area (Å²) in [6, 6.07) is 4.77. The molecule has 1 aromatic carbocycles. The number of fused-ring (bicyclic) bond motifs is 3. The number of hydrogen-bond donors (Lipinski definition) is 1. The van der Waals surface area contributed by atoms with E-state index in [2.05, 4.69) is 5.32 Å². The monoisotopic (exact) mass is 363 g/mol. The van der Waals surface area contributed by atoms with Gasteiger partial charge in [0, 0.05) is 30.7 Å². The SMILES string of the molecule is CCN1C(=O)c2ccc(C(=O)N3C4CCNCC3CC4)cc2S1(=O)=O. The van der Waals surface area contributed by atoms with Gasteiger partial charge >= 0.3 is 0 Å². The first-order valence-electron chi connectivity index (χ1n) is 8.69. The van der Waals surface area contributed by atoms with E-state index in [9.17, 15) is 18.0 Å². The van der Waals surface area contributed by atoms with Gasteiger partial charge in [0.15, 0.2) is 0 Å². The Morgan fingerprint density at radius 1 is 1.24 bits per heavy atom. The standard InChI is InChI=1S/C17H21N3O4S/c1-2-19-17(22)14-6-3-11(9-15(14)25(19,23)24)16(21)20-12-4-5-13(20)10-18-8-7-12/h3,6,9,12-13,18H,2,4-5,7-8,10H2,1H3. The van der Waals surface area contributed by atoms with E-state index in [1.165, 1.54) is 12.1 Å². The Bertz CT molecular complexity index is 837. The number of hydrogen-bond acceptors (Lipinski definition) is 5. The predicted octanol–water partition coefficient (Wildman–Crippen LogP) is 0.817. The van der Waals surface area contributed by atoms with Crippen LogP contribution in [-0.2, 0) is 10.0 Å². The molecular weight excluding hydrogens is 342 g/mol. The molecule has 3 heterocycles. The van der Waals surface area contributed by atoms with Crippen LogP contribution >= 0.6 is 0 Å². The van der Waals surface area contributed by atoms with Crippen molar-refractivity contribution in [2.24, 2.45) is 0 Å². The third-order valence-corrected chi connectivity index (χ3v) is 7.33. The molecule has 2 unspecified atom stereocenters. The smallest absolute Gasteiger partial charge is 0.268 e. The molecule has 1 aromatic rings. The van der Waals surface area contributed by atoms with Crippen molar-refractivity contribution in [1.29, 1.82) is 0 Å². The van der Waals surface area contributed by atoms with Gasteiger partial charge in [-0.05, 0) is 50.9 Å². The Labute approximate surface area is 147 Å². The lowest BCUT2D eigenvalue weighted by Crippen LogP contribution is -2.42. The molecular formula is C17H21N3O4S. The van der Waals surface area contributed by atoms with E-state index < -0.39 is 15.9 Å². The van der Waals surface area contributed by atoms with Crippen LogP contribution in [0.2, 0.25) is 0 Å². The summed E-state index contributed by atoms with van der Waals surface area (Å²) in [4.78, 5) is 27.1. The van der Waals surface area contributed by atoms with E-state index in [4.69, 9.17) is 0 Å². The van der Waals surface area contributed by atoms with Crippen molar-refractivity contribution in [3.63, 3.8) is 0 Å². The number of carbonyl (C=O) groups excluding carboxylic acids is 2. The van der Waals surface area contributed by atoms with Crippen molar-refractivity contribution >= 4 is 21.8 Å². The quantitative estimate of drug-likeness (QED) is 0.841. The van der Waals surface area contributed by atoms with Crippen molar-refractivity contribution in [2.45, 2.75) is 43.2 Å². The summed E-state index contributed by atoms with van der Waals surface area (Å²) in [5.41, 5.74) is 0.491. The van der Waals surface area contributed by atoms with E-state index in [1.807, 2.05) is 4.90 Å². The minimum atomic E-state index is -3.85. The van der Waals surface area contributed by atoms with E-state index in [-0.39, 0.29) is 35.0 Å². The van der Waals surface area contributed by atoms with E-state index >= 15 is 0 Å². The van der Waals surface area contributed by atoms with Gasteiger partial charge in [-0.2, -0.15) is 0 Å². The van der Waals surface area contributed by atoms with Crippen molar-refractivity contribution in [3.8, 4) is 0 Å². The molecule has 2 amide bonds. The van der Waals surface area contributed by atoms with Crippen LogP contribution in [0.15, 0.2) is 23.1 Å². The van der Waals surface area contributed by atoms with Crippen LogP contribution in [0.1, 0.15) is 46.9 Å². The van der Waals surface area contributed by atoms with E-state index in [0.717, 1.165) is 36.7 Å². The van der Waals surface area contributed by atoms with Crippen molar-refractivity contribution in [3.05, 3.63) is 29.3 Å². The van der Waals surface area contributed by atoms with Gasteiger partial charge in [0.05, 0.1) is 5.56 Å². The lowest BCUT2D eigenvalue weighted by atomic mass is 10.1. The zero-order valence-corrected chi connectivity index (χ0v) is 14.9. The average molecular weight is 363 g/mol. The molecule has 2 saturated heterocycles. The molecule has 2 atom stereocenters. The first kappa shape index (κ1) is 16.5. The Morgan fingerprint density at radius 3 is 2.76 bits per heavy atom. The fraction of sp³-hybridized carbons (Fsp3) is 0.529. The van der Waals surface area contributed by atoms with Crippen LogP contribution in [0.5, 0.6) is 0 Å². The fourth-order valence-corrected chi connectivity index (χ4v) is 5.79. The number of sulfonamides is 1. The molecule has 3 aliphatic heterocycles. The first-order chi connectivity index (χ1) is 11.9. The van der Waals surface area contributed by atoms with Gasteiger partial charge in [-0.3, -0.25) is 9.59 Å². The normalized spacial score (nSPS) is 27.3. The minimum absolute atomic E-state index is 0.0505. The van der Waals surface area contributed by atoms with Gasteiger partial charge in [-0.15, -0.1) is 0 Å². The third-order valence-electron chi connectivity index (χ3n) is 5.43. The summed E-state index contributed by atoms with van der Waals surface area (Å²) < 4.78 is 25.9. The maximum absolute atomic E-state index is 13.1. The second kappa shape index (κ2) is 5.81. The summed E-state index contributed by atoms with van der Waals surface area (Å²) in [5.74, 6) is -0.660. The lowest BCUT2D eigenvalue weighted by Gasteiger charge is -2.28. The van der Waals surface area contributed by atoms with Crippen molar-refractivity contribution in [2.75, 3.05) is 19.6 Å². The molecule has 0 aromatic heterocycles. The lowest BCUT2D eigenvalue weighted by molar-refractivity contribution is 0.0679. The zero-order chi connectivity index (χ0) is 17.8. The summed E-state index contributed by atoms with van der Waals surface area (Å²) in [6.07, 6.45) is 2.87. The second-order valence-corrected chi connectivity index (χ2v) is 8.61. The molecule has 0 radical (unpaired) electrons. The van der Waals surface area contributed by atoms with Crippen molar-refractivity contribution in [1.82, 2.24) is 14.5 Å². The summed E-state index contributed by atoms with van der Waals surface area (Å²) in [6.45, 7) is 3.37. The first-order valence-corrected chi connectivity index (χ1v) is 10.1. The van der Waals surface area contributed by atoms with Crippen LogP contribution in [0.3, 0.4) is 0 Å². The minimum Gasteiger partial charge on any atom is -0.331 e. The second-order valence-electron chi connectivity index (χ2n) is 6.78. The van der Waals surface area contributed by atoms with Crippen LogP contribution < -0.4 is 5.32 Å². The Kier molecular flexibility index (Phi) is 3.84. The molecule has 2 fully saturated rings. The predicted molar refractivity (Wildman–Crippen MR) is 90.8 cm³/mol. The molecule has 7 nitrogen and oxygen atoms in total. The summed E-state index contributed by atoms with van der Waals surface area (Å²) in [7, 11) is -3.85. The van der Waals surface area contributed by atoms with Crippen molar-refractivity contribution < 1.29 is 18.0 Å². The largest absolute Gasteiger partial charge is 0.331 e. The summed E-state index contributed by atoms with van der Waals surface area (Å²) in [5, 5.41) is 3.35.